The van der Waals surface area contributed by atoms with Crippen LogP contribution >= 0.6 is 0 Å². The van der Waals surface area contributed by atoms with E-state index in [1.165, 1.54) is 6.42 Å². The molecular weight excluding hydrogens is 158 g/mol. The molecule has 2 rings (SSSR count). The van der Waals surface area contributed by atoms with Crippen LogP contribution in [-0.4, -0.2) is 5.92 Å². The molecule has 2 aliphatic rings. The van der Waals surface area contributed by atoms with Gasteiger partial charge in [-0.05, 0) is 25.2 Å². The Labute approximate surface area is 72.3 Å². The Kier molecular flexibility index (Phi) is 1.89. The molecule has 0 aliphatic heterocycles. The lowest BCUT2D eigenvalue weighted by atomic mass is 9.66. The normalized spacial score (nSPS) is 45.8. The second-order valence-electron chi connectivity index (χ2n) is 4.54. The van der Waals surface area contributed by atoms with Gasteiger partial charge in [0.2, 0.25) is 0 Å². The van der Waals surface area contributed by atoms with Gasteiger partial charge < -0.3 is 0 Å². The first-order valence-electron chi connectivity index (χ1n) is 4.98. The van der Waals surface area contributed by atoms with E-state index < -0.39 is 5.92 Å². The van der Waals surface area contributed by atoms with E-state index in [1.54, 1.807) is 6.92 Å². The maximum atomic E-state index is 13.5. The van der Waals surface area contributed by atoms with Crippen LogP contribution in [0.2, 0.25) is 0 Å². The van der Waals surface area contributed by atoms with Gasteiger partial charge in [0.1, 0.15) is 0 Å². The summed E-state index contributed by atoms with van der Waals surface area (Å²) in [6.45, 7) is 1.71. The van der Waals surface area contributed by atoms with Crippen molar-refractivity contribution in [3.63, 3.8) is 0 Å². The van der Waals surface area contributed by atoms with Gasteiger partial charge in [0, 0.05) is 11.8 Å². The molecule has 2 saturated carbocycles. The van der Waals surface area contributed by atoms with Gasteiger partial charge >= 0.3 is 0 Å². The molecule has 2 bridgehead atoms. The highest BCUT2D eigenvalue weighted by atomic mass is 19.3. The van der Waals surface area contributed by atoms with Crippen LogP contribution in [0.1, 0.15) is 39.0 Å². The molecule has 70 valence electrons. The lowest BCUT2D eigenvalue weighted by Gasteiger charge is -2.43. The van der Waals surface area contributed by atoms with Gasteiger partial charge in [-0.1, -0.05) is 19.8 Å². The zero-order valence-corrected chi connectivity index (χ0v) is 7.52. The third-order valence-electron chi connectivity index (χ3n) is 3.67. The summed E-state index contributed by atoms with van der Waals surface area (Å²) >= 11 is 0. The highest BCUT2D eigenvalue weighted by molar-refractivity contribution is 4.92. The predicted molar refractivity (Wildman–Crippen MR) is 44.2 cm³/mol. The molecule has 0 aromatic rings. The summed E-state index contributed by atoms with van der Waals surface area (Å²) in [6.07, 6.45) is 4.52. The topological polar surface area (TPSA) is 0 Å². The average Bonchev–Trinajstić information content (AvgIpc) is 2.03. The highest BCUT2D eigenvalue weighted by Gasteiger charge is 2.50. The Bertz CT molecular complexity index is 175. The standard InChI is InChI=1S/C10H16F2/c1-7-5-8-3-2-4-9(6-8)10(7,11)12/h7-9H,2-6H2,1H3. The van der Waals surface area contributed by atoms with Crippen LogP contribution in [0.25, 0.3) is 0 Å². The Morgan fingerprint density at radius 1 is 1.17 bits per heavy atom. The van der Waals surface area contributed by atoms with Gasteiger partial charge in [-0.25, -0.2) is 8.78 Å². The molecule has 2 fully saturated rings. The molecule has 0 N–H and O–H groups in total. The molecule has 2 aliphatic carbocycles. The summed E-state index contributed by atoms with van der Waals surface area (Å²) in [6, 6.07) is 0. The van der Waals surface area contributed by atoms with E-state index in [9.17, 15) is 8.78 Å². The third kappa shape index (κ3) is 1.16. The van der Waals surface area contributed by atoms with E-state index in [0.29, 0.717) is 5.92 Å². The Balaban J connectivity index is 2.16. The Morgan fingerprint density at radius 2 is 1.92 bits per heavy atom. The van der Waals surface area contributed by atoms with Crippen molar-refractivity contribution in [2.75, 3.05) is 0 Å². The van der Waals surface area contributed by atoms with E-state index in [1.807, 2.05) is 0 Å². The van der Waals surface area contributed by atoms with E-state index in [4.69, 9.17) is 0 Å². The van der Waals surface area contributed by atoms with Crippen molar-refractivity contribution in [1.29, 1.82) is 0 Å². The number of halogens is 2. The molecule has 3 atom stereocenters. The molecule has 0 nitrogen and oxygen atoms in total. The summed E-state index contributed by atoms with van der Waals surface area (Å²) in [5.74, 6) is -2.42. The summed E-state index contributed by atoms with van der Waals surface area (Å²) < 4.78 is 26.9. The van der Waals surface area contributed by atoms with E-state index in [2.05, 4.69) is 0 Å². The van der Waals surface area contributed by atoms with E-state index >= 15 is 0 Å². The van der Waals surface area contributed by atoms with E-state index in [0.717, 1.165) is 25.7 Å². The van der Waals surface area contributed by atoms with Crippen LogP contribution in [0.4, 0.5) is 8.78 Å². The van der Waals surface area contributed by atoms with Crippen LogP contribution < -0.4 is 0 Å². The van der Waals surface area contributed by atoms with Gasteiger partial charge in [0.15, 0.2) is 0 Å². The van der Waals surface area contributed by atoms with E-state index in [-0.39, 0.29) is 11.8 Å². The SMILES string of the molecule is CC1CC2CCCC(C2)C1(F)F. The van der Waals surface area contributed by atoms with Gasteiger partial charge in [-0.3, -0.25) is 0 Å². The third-order valence-corrected chi connectivity index (χ3v) is 3.67. The van der Waals surface area contributed by atoms with Crippen LogP contribution in [0, 0.1) is 17.8 Å². The lowest BCUT2D eigenvalue weighted by Crippen LogP contribution is -2.43. The fraction of sp³-hybridized carbons (Fsp3) is 1.00. The fourth-order valence-electron chi connectivity index (χ4n) is 2.91. The summed E-state index contributed by atoms with van der Waals surface area (Å²) in [5.41, 5.74) is 0. The van der Waals surface area contributed by atoms with Gasteiger partial charge in [0.05, 0.1) is 0 Å². The first-order chi connectivity index (χ1) is 5.60. The average molecular weight is 174 g/mol. The van der Waals surface area contributed by atoms with Gasteiger partial charge in [0.25, 0.3) is 5.92 Å². The lowest BCUT2D eigenvalue weighted by molar-refractivity contribution is -0.150. The van der Waals surface area contributed by atoms with Crippen molar-refractivity contribution in [2.45, 2.75) is 45.0 Å². The molecule has 0 heterocycles. The Hall–Kier alpha value is -0.140. The van der Waals surface area contributed by atoms with Crippen molar-refractivity contribution in [2.24, 2.45) is 17.8 Å². The number of rotatable bonds is 0. The van der Waals surface area contributed by atoms with Crippen LogP contribution in [0.15, 0.2) is 0 Å². The minimum atomic E-state index is -2.36. The predicted octanol–water partition coefficient (Wildman–Crippen LogP) is 3.47. The number of fused-ring (bicyclic) bond motifs is 2. The first-order valence-corrected chi connectivity index (χ1v) is 4.98. The molecule has 0 aromatic heterocycles. The summed E-state index contributed by atoms with van der Waals surface area (Å²) in [7, 11) is 0. The molecule has 3 unspecified atom stereocenters. The minimum absolute atomic E-state index is 0.292. The smallest absolute Gasteiger partial charge is 0.206 e. The molecule has 0 amide bonds. The minimum Gasteiger partial charge on any atom is -0.206 e. The van der Waals surface area contributed by atoms with Crippen molar-refractivity contribution in [3.8, 4) is 0 Å². The molecule has 0 aromatic carbocycles. The van der Waals surface area contributed by atoms with Crippen molar-refractivity contribution < 1.29 is 8.78 Å². The molecule has 0 spiro atoms. The monoisotopic (exact) mass is 174 g/mol. The summed E-state index contributed by atoms with van der Waals surface area (Å²) in [4.78, 5) is 0. The second kappa shape index (κ2) is 2.68. The van der Waals surface area contributed by atoms with Crippen LogP contribution in [0.5, 0.6) is 0 Å². The molecular formula is C10H16F2. The van der Waals surface area contributed by atoms with Crippen molar-refractivity contribution in [1.82, 2.24) is 0 Å². The molecule has 12 heavy (non-hydrogen) atoms. The second-order valence-corrected chi connectivity index (χ2v) is 4.54. The fourth-order valence-corrected chi connectivity index (χ4v) is 2.91. The Morgan fingerprint density at radius 3 is 2.67 bits per heavy atom. The maximum Gasteiger partial charge on any atom is 0.253 e. The number of alkyl halides is 2. The van der Waals surface area contributed by atoms with Crippen molar-refractivity contribution in [3.05, 3.63) is 0 Å². The molecule has 0 saturated heterocycles. The van der Waals surface area contributed by atoms with Gasteiger partial charge in [-0.2, -0.15) is 0 Å². The molecule has 0 radical (unpaired) electrons. The zero-order chi connectivity index (χ0) is 8.77. The highest BCUT2D eigenvalue weighted by Crippen LogP contribution is 2.50. The largest absolute Gasteiger partial charge is 0.253 e. The number of hydrogen-bond acceptors (Lipinski definition) is 0. The maximum absolute atomic E-state index is 13.5. The molecule has 2 heteroatoms. The van der Waals surface area contributed by atoms with Gasteiger partial charge in [-0.15, -0.1) is 0 Å². The number of hydrogen-bond donors (Lipinski definition) is 0. The van der Waals surface area contributed by atoms with Crippen molar-refractivity contribution >= 4 is 0 Å². The quantitative estimate of drug-likeness (QED) is 0.527. The zero-order valence-electron chi connectivity index (χ0n) is 7.52. The summed E-state index contributed by atoms with van der Waals surface area (Å²) in [5, 5.41) is 0. The van der Waals surface area contributed by atoms with Crippen LogP contribution in [-0.2, 0) is 0 Å². The first kappa shape index (κ1) is 8.46. The van der Waals surface area contributed by atoms with Crippen LogP contribution in [0.3, 0.4) is 0 Å².